The maximum atomic E-state index is 11.6. The van der Waals surface area contributed by atoms with E-state index in [0.29, 0.717) is 12.7 Å². The van der Waals surface area contributed by atoms with Crippen molar-refractivity contribution in [3.8, 4) is 0 Å². The summed E-state index contributed by atoms with van der Waals surface area (Å²) in [5.41, 5.74) is 1.16. The van der Waals surface area contributed by atoms with E-state index in [1.807, 2.05) is 24.3 Å². The summed E-state index contributed by atoms with van der Waals surface area (Å²) in [5, 5.41) is 0. The Bertz CT molecular complexity index is 454. The van der Waals surface area contributed by atoms with Crippen LogP contribution in [0.25, 0.3) is 0 Å². The molecule has 0 aliphatic rings. The lowest BCUT2D eigenvalue weighted by atomic mass is 9.83. The zero-order chi connectivity index (χ0) is 14.7. The van der Waals surface area contributed by atoms with E-state index in [-0.39, 0.29) is 5.41 Å². The zero-order valence-electron chi connectivity index (χ0n) is 12.3. The molecule has 1 aromatic carbocycles. The smallest absolute Gasteiger partial charge is 0.319 e. The first-order valence-corrected chi connectivity index (χ1v) is 6.37. The van der Waals surface area contributed by atoms with Gasteiger partial charge in [-0.1, -0.05) is 45.0 Å². The van der Waals surface area contributed by atoms with Crippen LogP contribution in [0.4, 0.5) is 0 Å². The minimum atomic E-state index is -1.11. The molecule has 0 N–H and O–H groups in total. The fourth-order valence-corrected chi connectivity index (χ4v) is 1.94. The van der Waals surface area contributed by atoms with Crippen LogP contribution in [-0.2, 0) is 26.2 Å². The Kier molecular flexibility index (Phi) is 4.51. The van der Waals surface area contributed by atoms with Gasteiger partial charge in [-0.2, -0.15) is 0 Å². The monoisotopic (exact) mass is 262 g/mol. The van der Waals surface area contributed by atoms with Crippen molar-refractivity contribution in [3.05, 3.63) is 35.4 Å². The number of rotatable bonds is 4. The van der Waals surface area contributed by atoms with Crippen LogP contribution < -0.4 is 0 Å². The minimum Gasteiger partial charge on any atom is -0.468 e. The summed E-state index contributed by atoms with van der Waals surface area (Å²) in [7, 11) is 1.30. The highest BCUT2D eigenvalue weighted by molar-refractivity contribution is 5.92. The summed E-state index contributed by atoms with van der Waals surface area (Å²) < 4.78 is 4.69. The Morgan fingerprint density at radius 3 is 2.05 bits per heavy atom. The van der Waals surface area contributed by atoms with Gasteiger partial charge in [0.2, 0.25) is 0 Å². The Labute approximate surface area is 115 Å². The number of methoxy groups -OCH3 is 1. The van der Waals surface area contributed by atoms with Gasteiger partial charge in [0.15, 0.2) is 0 Å². The van der Waals surface area contributed by atoms with E-state index in [4.69, 9.17) is 0 Å². The minimum absolute atomic E-state index is 0.0921. The molecule has 3 heteroatoms. The van der Waals surface area contributed by atoms with Gasteiger partial charge < -0.3 is 9.53 Å². The van der Waals surface area contributed by atoms with E-state index in [1.165, 1.54) is 12.7 Å². The van der Waals surface area contributed by atoms with Gasteiger partial charge in [-0.3, -0.25) is 4.79 Å². The lowest BCUT2D eigenvalue weighted by Crippen LogP contribution is -2.33. The third-order valence-electron chi connectivity index (χ3n) is 3.30. The van der Waals surface area contributed by atoms with Crippen molar-refractivity contribution in [2.75, 3.05) is 7.11 Å². The Balaban J connectivity index is 2.94. The number of carbonyl (C=O) groups excluding carboxylic acids is 2. The molecule has 1 aromatic rings. The molecule has 0 aromatic heterocycles. The molecule has 0 radical (unpaired) electrons. The Morgan fingerprint density at radius 2 is 1.68 bits per heavy atom. The van der Waals surface area contributed by atoms with Gasteiger partial charge in [-0.05, 0) is 29.9 Å². The van der Waals surface area contributed by atoms with Gasteiger partial charge in [0.25, 0.3) is 0 Å². The Morgan fingerprint density at radius 1 is 1.16 bits per heavy atom. The molecule has 1 unspecified atom stereocenters. The van der Waals surface area contributed by atoms with Crippen LogP contribution in [0, 0.1) is 5.41 Å². The van der Waals surface area contributed by atoms with E-state index in [2.05, 4.69) is 25.5 Å². The number of aldehydes is 1. The number of esters is 1. The van der Waals surface area contributed by atoms with E-state index in [0.717, 1.165) is 5.56 Å². The fourth-order valence-electron chi connectivity index (χ4n) is 1.94. The van der Waals surface area contributed by atoms with Crippen LogP contribution in [0.5, 0.6) is 0 Å². The molecule has 0 saturated heterocycles. The van der Waals surface area contributed by atoms with E-state index >= 15 is 0 Å². The van der Waals surface area contributed by atoms with Crippen molar-refractivity contribution < 1.29 is 14.3 Å². The summed E-state index contributed by atoms with van der Waals surface area (Å²) >= 11 is 0. The van der Waals surface area contributed by atoms with E-state index in [9.17, 15) is 9.59 Å². The highest BCUT2D eigenvalue weighted by atomic mass is 16.5. The normalized spacial score (nSPS) is 14.6. The van der Waals surface area contributed by atoms with Gasteiger partial charge in [0.05, 0.1) is 7.11 Å². The van der Waals surface area contributed by atoms with Crippen molar-refractivity contribution in [2.24, 2.45) is 5.41 Å². The first-order chi connectivity index (χ1) is 8.73. The molecule has 1 rings (SSSR count). The number of carbonyl (C=O) groups is 2. The van der Waals surface area contributed by atoms with Crippen molar-refractivity contribution in [2.45, 2.75) is 39.5 Å². The number of hydrogen-bond donors (Lipinski definition) is 0. The predicted molar refractivity (Wildman–Crippen MR) is 75.0 cm³/mol. The van der Waals surface area contributed by atoms with Crippen LogP contribution >= 0.6 is 0 Å². The van der Waals surface area contributed by atoms with Crippen molar-refractivity contribution in [3.63, 3.8) is 0 Å². The quantitative estimate of drug-likeness (QED) is 0.476. The van der Waals surface area contributed by atoms with Crippen LogP contribution in [0.15, 0.2) is 24.3 Å². The number of benzene rings is 1. The maximum Gasteiger partial charge on any atom is 0.319 e. The van der Waals surface area contributed by atoms with Crippen molar-refractivity contribution in [1.29, 1.82) is 0 Å². The molecule has 0 fully saturated rings. The number of hydrogen-bond acceptors (Lipinski definition) is 3. The SMILES string of the molecule is COC(=O)C(C)(C=O)Cc1ccc(C(C)(C)C)cc1. The lowest BCUT2D eigenvalue weighted by Gasteiger charge is -2.22. The first-order valence-electron chi connectivity index (χ1n) is 6.37. The topological polar surface area (TPSA) is 43.4 Å². The molecular weight excluding hydrogens is 240 g/mol. The zero-order valence-corrected chi connectivity index (χ0v) is 12.3. The average molecular weight is 262 g/mol. The summed E-state index contributed by atoms with van der Waals surface area (Å²) in [6.45, 7) is 8.04. The fraction of sp³-hybridized carbons (Fsp3) is 0.500. The summed E-state index contributed by atoms with van der Waals surface area (Å²) in [6.07, 6.45) is 1.02. The molecule has 19 heavy (non-hydrogen) atoms. The van der Waals surface area contributed by atoms with Gasteiger partial charge >= 0.3 is 5.97 Å². The third-order valence-corrected chi connectivity index (χ3v) is 3.30. The average Bonchev–Trinajstić information content (AvgIpc) is 2.37. The molecule has 0 spiro atoms. The van der Waals surface area contributed by atoms with E-state index in [1.54, 1.807) is 6.92 Å². The molecule has 0 amide bonds. The van der Waals surface area contributed by atoms with Crippen LogP contribution in [0.1, 0.15) is 38.8 Å². The molecule has 0 bridgehead atoms. The first kappa shape index (κ1) is 15.4. The molecule has 104 valence electrons. The Hall–Kier alpha value is -1.64. The van der Waals surface area contributed by atoms with Crippen molar-refractivity contribution >= 4 is 12.3 Å². The summed E-state index contributed by atoms with van der Waals surface area (Å²) in [4.78, 5) is 22.8. The summed E-state index contributed by atoms with van der Waals surface area (Å²) in [6, 6.07) is 8.01. The van der Waals surface area contributed by atoms with Gasteiger partial charge in [0, 0.05) is 0 Å². The molecule has 0 aliphatic carbocycles. The third kappa shape index (κ3) is 3.66. The molecular formula is C16H22O3. The molecule has 1 atom stereocenters. The van der Waals surface area contributed by atoms with Crippen LogP contribution in [0.3, 0.4) is 0 Å². The molecule has 3 nitrogen and oxygen atoms in total. The highest BCUT2D eigenvalue weighted by Gasteiger charge is 2.34. The second-order valence-electron chi connectivity index (χ2n) is 6.15. The predicted octanol–water partition coefficient (Wildman–Crippen LogP) is 2.90. The van der Waals surface area contributed by atoms with Gasteiger partial charge in [-0.15, -0.1) is 0 Å². The van der Waals surface area contributed by atoms with Crippen LogP contribution in [0.2, 0.25) is 0 Å². The van der Waals surface area contributed by atoms with Crippen molar-refractivity contribution in [1.82, 2.24) is 0 Å². The molecule has 0 saturated carbocycles. The van der Waals surface area contributed by atoms with E-state index < -0.39 is 11.4 Å². The standard InChI is InChI=1S/C16H22O3/c1-15(2,3)13-8-6-12(7-9-13)10-16(4,11-17)14(18)19-5/h6-9,11H,10H2,1-5H3. The lowest BCUT2D eigenvalue weighted by molar-refractivity contribution is -0.153. The largest absolute Gasteiger partial charge is 0.468 e. The van der Waals surface area contributed by atoms with Gasteiger partial charge in [-0.25, -0.2) is 0 Å². The highest BCUT2D eigenvalue weighted by Crippen LogP contribution is 2.25. The molecule has 0 heterocycles. The maximum absolute atomic E-state index is 11.6. The molecule has 0 aliphatic heterocycles. The van der Waals surface area contributed by atoms with Crippen LogP contribution in [-0.4, -0.2) is 19.4 Å². The number of ether oxygens (including phenoxy) is 1. The summed E-state index contributed by atoms with van der Waals surface area (Å²) in [5.74, 6) is -0.498. The van der Waals surface area contributed by atoms with Gasteiger partial charge in [0.1, 0.15) is 11.7 Å². The second-order valence-corrected chi connectivity index (χ2v) is 6.15. The second kappa shape index (κ2) is 5.55.